The highest BCUT2D eigenvalue weighted by Gasteiger charge is 2.27. The molecule has 0 aromatic heterocycles. The van der Waals surface area contributed by atoms with E-state index in [1.165, 1.54) is 0 Å². The third-order valence-corrected chi connectivity index (χ3v) is 5.06. The molecule has 6 nitrogen and oxygen atoms in total. The van der Waals surface area contributed by atoms with Crippen molar-refractivity contribution in [3.63, 3.8) is 0 Å². The van der Waals surface area contributed by atoms with E-state index in [9.17, 15) is 13.6 Å². The summed E-state index contributed by atoms with van der Waals surface area (Å²) in [4.78, 5) is 19.4. The number of carbonyl (C=O) groups is 1. The lowest BCUT2D eigenvalue weighted by molar-refractivity contribution is -0.136. The summed E-state index contributed by atoms with van der Waals surface area (Å²) in [6, 6.07) is 12.9. The van der Waals surface area contributed by atoms with Gasteiger partial charge in [-0.3, -0.25) is 4.79 Å². The normalized spacial score (nSPS) is 15.0. The Morgan fingerprint density at radius 2 is 1.84 bits per heavy atom. The number of carbonyl (C=O) groups excluding carboxylic acids is 1. The van der Waals surface area contributed by atoms with Crippen molar-refractivity contribution in [2.75, 3.05) is 39.4 Å². The summed E-state index contributed by atoms with van der Waals surface area (Å²) in [6.45, 7) is 4.99. The first-order valence-electron chi connectivity index (χ1n) is 10.5. The summed E-state index contributed by atoms with van der Waals surface area (Å²) < 4.78 is 32.7. The lowest BCUT2D eigenvalue weighted by Crippen LogP contribution is -2.47. The van der Waals surface area contributed by atoms with Gasteiger partial charge < -0.3 is 20.3 Å². The Morgan fingerprint density at radius 3 is 2.53 bits per heavy atom. The van der Waals surface area contributed by atoms with E-state index in [2.05, 4.69) is 15.6 Å². The number of benzene rings is 2. The molecular formula is C23H29F2IN4O2. The van der Waals surface area contributed by atoms with Crippen LogP contribution in [0, 0.1) is 11.6 Å². The van der Waals surface area contributed by atoms with E-state index in [1.54, 1.807) is 0 Å². The molecule has 9 heteroatoms. The molecule has 32 heavy (non-hydrogen) atoms. The number of nitrogens with one attached hydrogen (secondary N) is 2. The van der Waals surface area contributed by atoms with Crippen LogP contribution in [0.15, 0.2) is 53.5 Å². The van der Waals surface area contributed by atoms with Crippen molar-refractivity contribution < 1.29 is 18.3 Å². The molecule has 0 spiro atoms. The van der Waals surface area contributed by atoms with Crippen molar-refractivity contribution in [3.8, 4) is 0 Å². The highest BCUT2D eigenvalue weighted by molar-refractivity contribution is 14.0. The predicted molar refractivity (Wildman–Crippen MR) is 131 cm³/mol. The molecule has 1 aliphatic rings. The van der Waals surface area contributed by atoms with Crippen LogP contribution >= 0.6 is 24.0 Å². The molecule has 0 radical (unpaired) electrons. The molecule has 1 atom stereocenters. The molecule has 2 N–H and O–H groups in total. The SMILES string of the molecule is CCNC(=NCc1cc(F)ccc1F)NCC(C(=O)N1CCOCC1)c1ccccc1.I. The third kappa shape index (κ3) is 7.40. The third-order valence-electron chi connectivity index (χ3n) is 5.06. The summed E-state index contributed by atoms with van der Waals surface area (Å²) >= 11 is 0. The fourth-order valence-electron chi connectivity index (χ4n) is 3.41. The van der Waals surface area contributed by atoms with Crippen LogP contribution in [0.2, 0.25) is 0 Å². The molecule has 2 aromatic rings. The Balaban J connectivity index is 0.00000363. The molecule has 2 aromatic carbocycles. The first-order chi connectivity index (χ1) is 15.1. The number of ether oxygens (including phenoxy) is 1. The number of morpholine rings is 1. The lowest BCUT2D eigenvalue weighted by Gasteiger charge is -2.31. The zero-order chi connectivity index (χ0) is 22.1. The second-order valence-corrected chi connectivity index (χ2v) is 7.21. The van der Waals surface area contributed by atoms with Crippen molar-refractivity contribution in [1.82, 2.24) is 15.5 Å². The monoisotopic (exact) mass is 558 g/mol. The summed E-state index contributed by atoms with van der Waals surface area (Å²) in [7, 11) is 0. The summed E-state index contributed by atoms with van der Waals surface area (Å²) in [5.74, 6) is -0.972. The summed E-state index contributed by atoms with van der Waals surface area (Å²) in [5.41, 5.74) is 1.07. The fraction of sp³-hybridized carbons (Fsp3) is 0.391. The van der Waals surface area contributed by atoms with Crippen molar-refractivity contribution in [2.45, 2.75) is 19.4 Å². The number of halogens is 3. The zero-order valence-corrected chi connectivity index (χ0v) is 20.4. The van der Waals surface area contributed by atoms with Gasteiger partial charge in [0.15, 0.2) is 5.96 Å². The molecular weight excluding hydrogens is 529 g/mol. The molecule has 0 aliphatic carbocycles. The number of hydrogen-bond acceptors (Lipinski definition) is 3. The smallest absolute Gasteiger partial charge is 0.232 e. The molecule has 1 unspecified atom stereocenters. The summed E-state index contributed by atoms with van der Waals surface area (Å²) in [6.07, 6.45) is 0. The molecule has 1 fully saturated rings. The van der Waals surface area contributed by atoms with Crippen LogP contribution in [-0.4, -0.2) is 56.2 Å². The number of guanidine groups is 1. The molecule has 1 amide bonds. The predicted octanol–water partition coefficient (Wildman–Crippen LogP) is 3.28. The van der Waals surface area contributed by atoms with E-state index in [0.29, 0.717) is 45.4 Å². The fourth-order valence-corrected chi connectivity index (χ4v) is 3.41. The lowest BCUT2D eigenvalue weighted by atomic mass is 9.97. The molecule has 1 aliphatic heterocycles. The number of rotatable bonds is 7. The Bertz CT molecular complexity index is 893. The van der Waals surface area contributed by atoms with Gasteiger partial charge in [-0.15, -0.1) is 24.0 Å². The number of amides is 1. The molecule has 3 rings (SSSR count). The first-order valence-corrected chi connectivity index (χ1v) is 10.5. The Labute approximate surface area is 204 Å². The van der Waals surface area contributed by atoms with Gasteiger partial charge in [-0.1, -0.05) is 30.3 Å². The molecule has 0 bridgehead atoms. The van der Waals surface area contributed by atoms with E-state index >= 15 is 0 Å². The topological polar surface area (TPSA) is 66.0 Å². The van der Waals surface area contributed by atoms with Gasteiger partial charge in [-0.2, -0.15) is 0 Å². The van der Waals surface area contributed by atoms with Crippen molar-refractivity contribution in [3.05, 3.63) is 71.3 Å². The van der Waals surface area contributed by atoms with E-state index < -0.39 is 17.6 Å². The second-order valence-electron chi connectivity index (χ2n) is 7.21. The maximum absolute atomic E-state index is 13.9. The minimum Gasteiger partial charge on any atom is -0.378 e. The molecule has 0 saturated carbocycles. The van der Waals surface area contributed by atoms with Gasteiger partial charge in [-0.05, 0) is 30.7 Å². The van der Waals surface area contributed by atoms with Crippen LogP contribution in [0.25, 0.3) is 0 Å². The average Bonchev–Trinajstić information content (AvgIpc) is 2.80. The Kier molecular flexibility index (Phi) is 10.8. The van der Waals surface area contributed by atoms with Gasteiger partial charge in [0.2, 0.25) is 5.91 Å². The molecule has 1 heterocycles. The molecule has 1 saturated heterocycles. The first kappa shape index (κ1) is 26.0. The van der Waals surface area contributed by atoms with Crippen LogP contribution in [0.5, 0.6) is 0 Å². The van der Waals surface area contributed by atoms with Crippen LogP contribution in [-0.2, 0) is 16.1 Å². The van der Waals surface area contributed by atoms with Crippen LogP contribution in [0.4, 0.5) is 8.78 Å². The van der Waals surface area contributed by atoms with Crippen molar-refractivity contribution >= 4 is 35.8 Å². The van der Waals surface area contributed by atoms with Crippen molar-refractivity contribution in [2.24, 2.45) is 4.99 Å². The van der Waals surface area contributed by atoms with Gasteiger partial charge >= 0.3 is 0 Å². The van der Waals surface area contributed by atoms with Gasteiger partial charge in [0.25, 0.3) is 0 Å². The number of aliphatic imine (C=N–C) groups is 1. The largest absolute Gasteiger partial charge is 0.378 e. The second kappa shape index (κ2) is 13.3. The maximum atomic E-state index is 13.9. The van der Waals surface area contributed by atoms with Gasteiger partial charge in [-0.25, -0.2) is 13.8 Å². The standard InChI is InChI=1S/C23H28F2N4O2.HI/c1-2-26-23(27-15-18-14-19(24)8-9-21(18)25)28-16-20(17-6-4-3-5-7-17)22(30)29-10-12-31-13-11-29;/h3-9,14,20H,2,10-13,15-16H2,1H3,(H2,26,27,28);1H. The summed E-state index contributed by atoms with van der Waals surface area (Å²) in [5, 5.41) is 6.28. The maximum Gasteiger partial charge on any atom is 0.232 e. The Hall–Kier alpha value is -2.27. The minimum atomic E-state index is -0.509. The van der Waals surface area contributed by atoms with Crippen LogP contribution in [0.1, 0.15) is 24.0 Å². The van der Waals surface area contributed by atoms with E-state index in [1.807, 2.05) is 42.2 Å². The van der Waals surface area contributed by atoms with Crippen molar-refractivity contribution in [1.29, 1.82) is 0 Å². The average molecular weight is 558 g/mol. The zero-order valence-electron chi connectivity index (χ0n) is 18.0. The highest BCUT2D eigenvalue weighted by atomic mass is 127. The van der Waals surface area contributed by atoms with E-state index in [-0.39, 0.29) is 42.0 Å². The number of nitrogens with zero attached hydrogens (tertiary/aromatic N) is 2. The minimum absolute atomic E-state index is 0. The van der Waals surface area contributed by atoms with Gasteiger partial charge in [0.1, 0.15) is 11.6 Å². The van der Waals surface area contributed by atoms with E-state index in [4.69, 9.17) is 4.74 Å². The highest BCUT2D eigenvalue weighted by Crippen LogP contribution is 2.19. The van der Waals surface area contributed by atoms with Crippen LogP contribution < -0.4 is 10.6 Å². The van der Waals surface area contributed by atoms with Gasteiger partial charge in [0, 0.05) is 31.7 Å². The van der Waals surface area contributed by atoms with E-state index in [0.717, 1.165) is 23.8 Å². The van der Waals surface area contributed by atoms with Crippen LogP contribution in [0.3, 0.4) is 0 Å². The van der Waals surface area contributed by atoms with Gasteiger partial charge in [0.05, 0.1) is 25.7 Å². The Morgan fingerprint density at radius 1 is 1.12 bits per heavy atom. The molecule has 174 valence electrons. The number of hydrogen-bond donors (Lipinski definition) is 2. The quantitative estimate of drug-likeness (QED) is 0.311.